The van der Waals surface area contributed by atoms with Gasteiger partial charge in [0.2, 0.25) is 5.91 Å². The molecule has 114 valence electrons. The molecule has 0 bridgehead atoms. The molecule has 2 saturated heterocycles. The van der Waals surface area contributed by atoms with Crippen molar-refractivity contribution in [2.24, 2.45) is 0 Å². The number of pyridine rings is 1. The molecule has 1 aromatic rings. The third kappa shape index (κ3) is 3.41. The number of carbonyl (C=O) groups excluding carboxylic acids is 1. The first-order valence-electron chi connectivity index (χ1n) is 7.76. The molecular formula is C16H23N3O2. The molecule has 0 radical (unpaired) electrons. The highest BCUT2D eigenvalue weighted by Gasteiger charge is 2.28. The predicted molar refractivity (Wildman–Crippen MR) is 79.7 cm³/mol. The maximum Gasteiger partial charge on any atom is 0.220 e. The lowest BCUT2D eigenvalue weighted by Gasteiger charge is -2.27. The molecule has 3 rings (SSSR count). The number of carbonyl (C=O) groups is 1. The molecule has 1 atom stereocenters. The number of hydrogen-bond donors (Lipinski definition) is 0. The van der Waals surface area contributed by atoms with Crippen LogP contribution in [0.3, 0.4) is 0 Å². The molecule has 2 aliphatic rings. The molecular weight excluding hydrogens is 266 g/mol. The van der Waals surface area contributed by atoms with E-state index in [2.05, 4.69) is 22.0 Å². The van der Waals surface area contributed by atoms with Gasteiger partial charge in [0.05, 0.1) is 24.9 Å². The van der Waals surface area contributed by atoms with Gasteiger partial charge in [-0.15, -0.1) is 0 Å². The van der Waals surface area contributed by atoms with Crippen molar-refractivity contribution in [3.05, 3.63) is 29.6 Å². The Morgan fingerprint density at radius 2 is 2.14 bits per heavy atom. The fraction of sp³-hybridized carbons (Fsp3) is 0.625. The standard InChI is InChI=1S/C16H23N3O2/c1-13(20)19-6-2-3-16(19)15-5-4-14(11-17-15)12-18-7-9-21-10-8-18/h4-5,11,16H,2-3,6-10,12H2,1H3. The number of aromatic nitrogens is 1. The Labute approximate surface area is 125 Å². The molecule has 2 fully saturated rings. The lowest BCUT2D eigenvalue weighted by Crippen LogP contribution is -2.35. The average molecular weight is 289 g/mol. The van der Waals surface area contributed by atoms with Gasteiger partial charge in [0, 0.05) is 39.3 Å². The second kappa shape index (κ2) is 6.54. The molecule has 5 heteroatoms. The van der Waals surface area contributed by atoms with Gasteiger partial charge >= 0.3 is 0 Å². The summed E-state index contributed by atoms with van der Waals surface area (Å²) in [6.07, 6.45) is 4.05. The molecule has 0 aromatic carbocycles. The Kier molecular flexibility index (Phi) is 4.51. The number of morpholine rings is 1. The van der Waals surface area contributed by atoms with E-state index >= 15 is 0 Å². The first-order chi connectivity index (χ1) is 10.2. The highest BCUT2D eigenvalue weighted by atomic mass is 16.5. The second-order valence-electron chi connectivity index (χ2n) is 5.85. The van der Waals surface area contributed by atoms with Crippen molar-refractivity contribution in [2.75, 3.05) is 32.8 Å². The molecule has 0 N–H and O–H groups in total. The van der Waals surface area contributed by atoms with Gasteiger partial charge in [0.1, 0.15) is 0 Å². The highest BCUT2D eigenvalue weighted by molar-refractivity contribution is 5.74. The van der Waals surface area contributed by atoms with Crippen LogP contribution in [0.2, 0.25) is 0 Å². The van der Waals surface area contributed by atoms with E-state index in [1.165, 1.54) is 5.56 Å². The quantitative estimate of drug-likeness (QED) is 0.848. The van der Waals surface area contributed by atoms with E-state index in [1.54, 1.807) is 6.92 Å². The lowest BCUT2D eigenvalue weighted by molar-refractivity contribution is -0.129. The van der Waals surface area contributed by atoms with Crippen LogP contribution in [0.1, 0.15) is 37.1 Å². The van der Waals surface area contributed by atoms with Crippen LogP contribution in [0.5, 0.6) is 0 Å². The van der Waals surface area contributed by atoms with E-state index in [9.17, 15) is 4.79 Å². The van der Waals surface area contributed by atoms with Gasteiger partial charge < -0.3 is 9.64 Å². The van der Waals surface area contributed by atoms with Gasteiger partial charge in [-0.2, -0.15) is 0 Å². The van der Waals surface area contributed by atoms with Gasteiger partial charge in [-0.05, 0) is 24.5 Å². The Morgan fingerprint density at radius 3 is 2.81 bits per heavy atom. The number of hydrogen-bond acceptors (Lipinski definition) is 4. The van der Waals surface area contributed by atoms with Gasteiger partial charge in [0.15, 0.2) is 0 Å². The minimum absolute atomic E-state index is 0.150. The van der Waals surface area contributed by atoms with Gasteiger partial charge in [-0.3, -0.25) is 14.7 Å². The van der Waals surface area contributed by atoms with Crippen LogP contribution in [0.15, 0.2) is 18.3 Å². The first-order valence-corrected chi connectivity index (χ1v) is 7.76. The SMILES string of the molecule is CC(=O)N1CCCC1c1ccc(CN2CCOCC2)cn1. The van der Waals surface area contributed by atoms with E-state index in [0.717, 1.165) is 57.9 Å². The molecule has 0 spiro atoms. The summed E-state index contributed by atoms with van der Waals surface area (Å²) in [5.74, 6) is 0.150. The molecule has 3 heterocycles. The van der Waals surface area contributed by atoms with Crippen LogP contribution in [0.25, 0.3) is 0 Å². The monoisotopic (exact) mass is 289 g/mol. The molecule has 0 aliphatic carbocycles. The third-order valence-corrected chi connectivity index (χ3v) is 4.36. The minimum atomic E-state index is 0.150. The number of likely N-dealkylation sites (tertiary alicyclic amines) is 1. The van der Waals surface area contributed by atoms with Crippen molar-refractivity contribution >= 4 is 5.91 Å². The Balaban J connectivity index is 1.64. The van der Waals surface area contributed by atoms with Crippen LogP contribution in [0, 0.1) is 0 Å². The fourth-order valence-electron chi connectivity index (χ4n) is 3.20. The molecule has 21 heavy (non-hydrogen) atoms. The van der Waals surface area contributed by atoms with Gasteiger partial charge in [-0.1, -0.05) is 6.07 Å². The summed E-state index contributed by atoms with van der Waals surface area (Å²) >= 11 is 0. The van der Waals surface area contributed by atoms with Crippen molar-refractivity contribution in [2.45, 2.75) is 32.4 Å². The van der Waals surface area contributed by atoms with Crippen LogP contribution in [0.4, 0.5) is 0 Å². The summed E-state index contributed by atoms with van der Waals surface area (Å²) in [5.41, 5.74) is 2.25. The summed E-state index contributed by atoms with van der Waals surface area (Å²) < 4.78 is 5.36. The first kappa shape index (κ1) is 14.5. The van der Waals surface area contributed by atoms with Crippen molar-refractivity contribution in [3.63, 3.8) is 0 Å². The molecule has 2 aliphatic heterocycles. The molecule has 1 unspecified atom stereocenters. The van der Waals surface area contributed by atoms with Gasteiger partial charge in [-0.25, -0.2) is 0 Å². The summed E-state index contributed by atoms with van der Waals surface area (Å²) in [6, 6.07) is 4.40. The predicted octanol–water partition coefficient (Wildman–Crippen LogP) is 1.60. The summed E-state index contributed by atoms with van der Waals surface area (Å²) in [5, 5.41) is 0. The van der Waals surface area contributed by atoms with Crippen LogP contribution in [-0.4, -0.2) is 53.5 Å². The van der Waals surface area contributed by atoms with Crippen molar-refractivity contribution in [1.82, 2.24) is 14.8 Å². The van der Waals surface area contributed by atoms with Crippen molar-refractivity contribution in [1.29, 1.82) is 0 Å². The zero-order valence-corrected chi connectivity index (χ0v) is 12.6. The number of ether oxygens (including phenoxy) is 1. The minimum Gasteiger partial charge on any atom is -0.379 e. The summed E-state index contributed by atoms with van der Waals surface area (Å²) in [7, 11) is 0. The number of rotatable bonds is 3. The smallest absolute Gasteiger partial charge is 0.220 e. The van der Waals surface area contributed by atoms with Crippen molar-refractivity contribution in [3.8, 4) is 0 Å². The Bertz CT molecular complexity index is 483. The van der Waals surface area contributed by atoms with E-state index in [-0.39, 0.29) is 11.9 Å². The topological polar surface area (TPSA) is 45.7 Å². The average Bonchev–Trinajstić information content (AvgIpc) is 2.99. The molecule has 0 saturated carbocycles. The Morgan fingerprint density at radius 1 is 1.33 bits per heavy atom. The Hall–Kier alpha value is -1.46. The van der Waals surface area contributed by atoms with E-state index in [4.69, 9.17) is 4.74 Å². The van der Waals surface area contributed by atoms with Crippen molar-refractivity contribution < 1.29 is 9.53 Å². The van der Waals surface area contributed by atoms with Crippen LogP contribution < -0.4 is 0 Å². The molecule has 5 nitrogen and oxygen atoms in total. The number of nitrogens with zero attached hydrogens (tertiary/aromatic N) is 3. The largest absolute Gasteiger partial charge is 0.379 e. The number of amides is 1. The normalized spacial score (nSPS) is 23.5. The molecule has 1 amide bonds. The van der Waals surface area contributed by atoms with E-state index in [0.29, 0.717) is 0 Å². The van der Waals surface area contributed by atoms with E-state index < -0.39 is 0 Å². The third-order valence-electron chi connectivity index (χ3n) is 4.36. The van der Waals surface area contributed by atoms with Gasteiger partial charge in [0.25, 0.3) is 0 Å². The summed E-state index contributed by atoms with van der Waals surface area (Å²) in [6.45, 7) is 7.05. The maximum absolute atomic E-state index is 11.6. The van der Waals surface area contributed by atoms with Crippen LogP contribution >= 0.6 is 0 Å². The van der Waals surface area contributed by atoms with Crippen LogP contribution in [-0.2, 0) is 16.1 Å². The molecule has 1 aromatic heterocycles. The lowest BCUT2D eigenvalue weighted by atomic mass is 10.1. The zero-order valence-electron chi connectivity index (χ0n) is 12.6. The second-order valence-corrected chi connectivity index (χ2v) is 5.85. The summed E-state index contributed by atoms with van der Waals surface area (Å²) in [4.78, 5) is 20.6. The van der Waals surface area contributed by atoms with E-state index in [1.807, 2.05) is 11.1 Å². The zero-order chi connectivity index (χ0) is 14.7. The highest BCUT2D eigenvalue weighted by Crippen LogP contribution is 2.30. The fourth-order valence-corrected chi connectivity index (χ4v) is 3.20. The maximum atomic E-state index is 11.6.